The van der Waals surface area contributed by atoms with Gasteiger partial charge in [-0.2, -0.15) is 0 Å². The third-order valence-electron chi connectivity index (χ3n) is 6.14. The van der Waals surface area contributed by atoms with E-state index in [-0.39, 0.29) is 23.8 Å². The van der Waals surface area contributed by atoms with Gasteiger partial charge in [-0.1, -0.05) is 30.3 Å². The van der Waals surface area contributed by atoms with Crippen molar-refractivity contribution >= 4 is 22.6 Å². The molecule has 2 aliphatic heterocycles. The van der Waals surface area contributed by atoms with E-state index in [0.717, 1.165) is 36.5 Å². The SMILES string of the molecule is NC(C(=O)N1CCCC(NC(=O)c2ccc3ccccc3c2)C1)C1CCOCC1. The highest BCUT2D eigenvalue weighted by Gasteiger charge is 2.32. The molecule has 6 nitrogen and oxygen atoms in total. The van der Waals surface area contributed by atoms with Crippen LogP contribution in [0.2, 0.25) is 0 Å². The Morgan fingerprint density at radius 2 is 1.83 bits per heavy atom. The molecule has 3 N–H and O–H groups in total. The summed E-state index contributed by atoms with van der Waals surface area (Å²) in [6, 6.07) is 13.2. The van der Waals surface area contributed by atoms with Crippen molar-refractivity contribution in [3.05, 3.63) is 48.0 Å². The van der Waals surface area contributed by atoms with E-state index in [2.05, 4.69) is 5.32 Å². The number of nitrogens with zero attached hydrogens (tertiary/aromatic N) is 1. The first-order valence-electron chi connectivity index (χ1n) is 10.5. The van der Waals surface area contributed by atoms with Crippen molar-refractivity contribution in [1.29, 1.82) is 0 Å². The Morgan fingerprint density at radius 3 is 2.62 bits per heavy atom. The fraction of sp³-hybridized carbons (Fsp3) is 0.478. The first-order valence-corrected chi connectivity index (χ1v) is 10.5. The van der Waals surface area contributed by atoms with E-state index >= 15 is 0 Å². The molecule has 0 spiro atoms. The van der Waals surface area contributed by atoms with Gasteiger partial charge in [0.1, 0.15) is 0 Å². The zero-order valence-corrected chi connectivity index (χ0v) is 16.7. The molecule has 2 aliphatic rings. The van der Waals surface area contributed by atoms with Crippen LogP contribution in [0.3, 0.4) is 0 Å². The van der Waals surface area contributed by atoms with Crippen LogP contribution < -0.4 is 11.1 Å². The summed E-state index contributed by atoms with van der Waals surface area (Å²) >= 11 is 0. The Balaban J connectivity index is 1.37. The smallest absolute Gasteiger partial charge is 0.251 e. The molecule has 2 saturated heterocycles. The normalized spacial score (nSPS) is 21.7. The number of hydrogen-bond donors (Lipinski definition) is 2. The largest absolute Gasteiger partial charge is 0.381 e. The van der Waals surface area contributed by atoms with Gasteiger partial charge in [0.2, 0.25) is 5.91 Å². The third kappa shape index (κ3) is 4.60. The minimum absolute atomic E-state index is 0.00144. The number of amides is 2. The summed E-state index contributed by atoms with van der Waals surface area (Å²) in [6.07, 6.45) is 3.41. The van der Waals surface area contributed by atoms with Crippen molar-refractivity contribution < 1.29 is 14.3 Å². The van der Waals surface area contributed by atoms with Crippen LogP contribution in [-0.2, 0) is 9.53 Å². The molecule has 6 heteroatoms. The fourth-order valence-electron chi connectivity index (χ4n) is 4.38. The number of ether oxygens (including phenoxy) is 1. The lowest BCUT2D eigenvalue weighted by Crippen LogP contribution is -2.55. The summed E-state index contributed by atoms with van der Waals surface area (Å²) in [4.78, 5) is 27.5. The van der Waals surface area contributed by atoms with Gasteiger partial charge in [-0.3, -0.25) is 9.59 Å². The summed E-state index contributed by atoms with van der Waals surface area (Å²) < 4.78 is 5.38. The molecule has 0 aromatic heterocycles. The summed E-state index contributed by atoms with van der Waals surface area (Å²) in [5.41, 5.74) is 6.92. The minimum atomic E-state index is -0.478. The van der Waals surface area contributed by atoms with Crippen molar-refractivity contribution in [3.63, 3.8) is 0 Å². The standard InChI is InChI=1S/C23H29N3O3/c24-21(17-9-12-29-13-10-17)23(28)26-11-3-6-20(15-26)25-22(27)19-8-7-16-4-1-2-5-18(16)14-19/h1-2,4-5,7-8,14,17,20-21H,3,6,9-13,15,24H2,(H,25,27). The van der Waals surface area contributed by atoms with E-state index in [0.29, 0.717) is 31.9 Å². The van der Waals surface area contributed by atoms with Crippen LogP contribution in [0.1, 0.15) is 36.0 Å². The van der Waals surface area contributed by atoms with Crippen molar-refractivity contribution in [2.75, 3.05) is 26.3 Å². The lowest BCUT2D eigenvalue weighted by atomic mass is 9.91. The molecular formula is C23H29N3O3. The molecule has 29 heavy (non-hydrogen) atoms. The lowest BCUT2D eigenvalue weighted by Gasteiger charge is -2.36. The molecule has 2 fully saturated rings. The highest BCUT2D eigenvalue weighted by molar-refractivity contribution is 5.98. The topological polar surface area (TPSA) is 84.7 Å². The maximum absolute atomic E-state index is 12.9. The van der Waals surface area contributed by atoms with Gasteiger partial charge in [-0.15, -0.1) is 0 Å². The summed E-state index contributed by atoms with van der Waals surface area (Å²) in [5, 5.41) is 5.27. The lowest BCUT2D eigenvalue weighted by molar-refractivity contribution is -0.136. The monoisotopic (exact) mass is 395 g/mol. The van der Waals surface area contributed by atoms with E-state index in [1.165, 1.54) is 0 Å². The van der Waals surface area contributed by atoms with Crippen molar-refractivity contribution in [2.24, 2.45) is 11.7 Å². The molecule has 0 radical (unpaired) electrons. The predicted octanol–water partition coefficient (Wildman–Crippen LogP) is 2.31. The molecule has 2 aromatic rings. The molecule has 0 saturated carbocycles. The Bertz CT molecular complexity index is 879. The number of benzene rings is 2. The van der Waals surface area contributed by atoms with Gasteiger partial charge in [-0.05, 0) is 54.5 Å². The van der Waals surface area contributed by atoms with Crippen LogP contribution >= 0.6 is 0 Å². The number of carbonyl (C=O) groups is 2. The van der Waals surface area contributed by atoms with E-state index in [1.54, 1.807) is 0 Å². The van der Waals surface area contributed by atoms with Crippen molar-refractivity contribution in [3.8, 4) is 0 Å². The van der Waals surface area contributed by atoms with Gasteiger partial charge in [0.25, 0.3) is 5.91 Å². The number of hydrogen-bond acceptors (Lipinski definition) is 4. The van der Waals surface area contributed by atoms with E-state index in [9.17, 15) is 9.59 Å². The zero-order chi connectivity index (χ0) is 20.2. The zero-order valence-electron chi connectivity index (χ0n) is 16.7. The molecule has 2 aromatic carbocycles. The molecule has 4 rings (SSSR count). The average molecular weight is 396 g/mol. The Morgan fingerprint density at radius 1 is 1.07 bits per heavy atom. The van der Waals surface area contributed by atoms with Crippen LogP contribution in [-0.4, -0.2) is 55.1 Å². The van der Waals surface area contributed by atoms with Gasteiger partial charge in [0, 0.05) is 37.9 Å². The second-order valence-corrected chi connectivity index (χ2v) is 8.13. The molecule has 0 aliphatic carbocycles. The minimum Gasteiger partial charge on any atom is -0.381 e. The first kappa shape index (κ1) is 19.9. The van der Waals surface area contributed by atoms with Crippen molar-refractivity contribution in [2.45, 2.75) is 37.8 Å². The average Bonchev–Trinajstić information content (AvgIpc) is 2.78. The molecule has 2 amide bonds. The van der Waals surface area contributed by atoms with E-state index < -0.39 is 6.04 Å². The van der Waals surface area contributed by atoms with Crippen LogP contribution in [0.5, 0.6) is 0 Å². The van der Waals surface area contributed by atoms with Crippen LogP contribution in [0, 0.1) is 5.92 Å². The van der Waals surface area contributed by atoms with Crippen LogP contribution in [0.15, 0.2) is 42.5 Å². The summed E-state index contributed by atoms with van der Waals surface area (Å²) in [7, 11) is 0. The van der Waals surface area contributed by atoms with E-state index in [1.807, 2.05) is 47.4 Å². The number of rotatable bonds is 4. The van der Waals surface area contributed by atoms with Gasteiger partial charge in [-0.25, -0.2) is 0 Å². The maximum atomic E-state index is 12.9. The molecule has 2 unspecified atom stereocenters. The van der Waals surface area contributed by atoms with Gasteiger partial charge in [0.05, 0.1) is 6.04 Å². The number of piperidine rings is 1. The van der Waals surface area contributed by atoms with Gasteiger partial charge >= 0.3 is 0 Å². The number of fused-ring (bicyclic) bond motifs is 1. The van der Waals surface area contributed by atoms with Crippen molar-refractivity contribution in [1.82, 2.24) is 10.2 Å². The summed E-state index contributed by atoms with van der Waals surface area (Å²) in [6.45, 7) is 2.58. The first-order chi connectivity index (χ1) is 14.1. The molecule has 154 valence electrons. The van der Waals surface area contributed by atoms with Gasteiger partial charge in [0.15, 0.2) is 0 Å². The molecular weight excluding hydrogens is 366 g/mol. The quantitative estimate of drug-likeness (QED) is 0.832. The number of likely N-dealkylation sites (tertiary alicyclic amines) is 1. The second-order valence-electron chi connectivity index (χ2n) is 8.13. The predicted molar refractivity (Wildman–Crippen MR) is 113 cm³/mol. The highest BCUT2D eigenvalue weighted by Crippen LogP contribution is 2.21. The Labute approximate surface area is 171 Å². The number of carbonyl (C=O) groups excluding carboxylic acids is 2. The molecule has 0 bridgehead atoms. The number of nitrogens with one attached hydrogen (secondary N) is 1. The van der Waals surface area contributed by atoms with Crippen LogP contribution in [0.4, 0.5) is 0 Å². The van der Waals surface area contributed by atoms with Gasteiger partial charge < -0.3 is 20.7 Å². The van der Waals surface area contributed by atoms with Crippen LogP contribution in [0.25, 0.3) is 10.8 Å². The Kier molecular flexibility index (Phi) is 6.11. The third-order valence-corrected chi connectivity index (χ3v) is 6.14. The molecule has 2 atom stereocenters. The van der Waals surface area contributed by atoms with E-state index in [4.69, 9.17) is 10.5 Å². The fourth-order valence-corrected chi connectivity index (χ4v) is 4.38. The number of nitrogens with two attached hydrogens (primary N) is 1. The highest BCUT2D eigenvalue weighted by atomic mass is 16.5. The molecule has 2 heterocycles. The summed E-state index contributed by atoms with van der Waals surface area (Å²) in [5.74, 6) is 0.0918. The maximum Gasteiger partial charge on any atom is 0.251 e. The second kappa shape index (κ2) is 8.93. The Hall–Kier alpha value is -2.44.